The Morgan fingerprint density at radius 3 is 1.57 bits per heavy atom. The molecule has 69 heavy (non-hydrogen) atoms. The molecule has 20 nitrogen and oxygen atoms in total. The normalized spacial score (nSPS) is 19.3. The minimum Gasteiger partial charge on any atom is -0.508 e. The zero-order chi connectivity index (χ0) is 51.7. The number of benzene rings is 1. The Balaban J connectivity index is 1.87. The number of likely N-dealkylation sites (tertiary alicyclic amines) is 2. The van der Waals surface area contributed by atoms with Crippen LogP contribution in [0.1, 0.15) is 99.0 Å². The number of aliphatic hydroxyl groups excluding tert-OH is 1. The predicted octanol–water partition coefficient (Wildman–Crippen LogP) is -0.0629. The molecule has 0 radical (unpaired) electrons. The van der Waals surface area contributed by atoms with Crippen LogP contribution < -0.4 is 37.6 Å². The first-order valence-electron chi connectivity index (χ1n) is 23.9. The van der Waals surface area contributed by atoms with Crippen LogP contribution in [0.25, 0.3) is 0 Å². The highest BCUT2D eigenvalue weighted by Gasteiger charge is 2.42. The fourth-order valence-electron chi connectivity index (χ4n) is 8.34. The number of nitrogens with zero attached hydrogens (tertiary/aromatic N) is 2. The number of hydrogen-bond donors (Lipinski definition) is 11. The highest BCUT2D eigenvalue weighted by atomic mass is 32.1. The van der Waals surface area contributed by atoms with Crippen molar-refractivity contribution in [2.75, 3.05) is 31.2 Å². The van der Waals surface area contributed by atoms with Crippen LogP contribution in [0.4, 0.5) is 0 Å². The van der Waals surface area contributed by atoms with Crippen molar-refractivity contribution in [3.05, 3.63) is 29.8 Å². The number of rotatable bonds is 26. The Morgan fingerprint density at radius 1 is 0.638 bits per heavy atom. The summed E-state index contributed by atoms with van der Waals surface area (Å²) in [6, 6.07) is -3.27. The van der Waals surface area contributed by atoms with Gasteiger partial charge in [0, 0.05) is 36.9 Å². The maximum atomic E-state index is 14.7. The molecule has 0 aromatic heterocycles. The number of nitrogens with two attached hydrogens (primary N) is 1. The molecule has 0 unspecified atom stereocenters. The van der Waals surface area contributed by atoms with Crippen LogP contribution in [-0.2, 0) is 49.6 Å². The van der Waals surface area contributed by atoms with Gasteiger partial charge in [-0.3, -0.25) is 43.2 Å². The number of phenolic OH excluding ortho intramolecular Hbond substituents is 1. The number of phenols is 1. The monoisotopic (exact) mass is 1010 g/mol. The molecule has 2 heterocycles. The summed E-state index contributed by atoms with van der Waals surface area (Å²) in [5.41, 5.74) is 5.95. The second kappa shape index (κ2) is 27.9. The van der Waals surface area contributed by atoms with E-state index in [1.807, 2.05) is 27.7 Å². The van der Waals surface area contributed by atoms with Crippen molar-refractivity contribution >= 4 is 78.4 Å². The van der Waals surface area contributed by atoms with Crippen molar-refractivity contribution in [3.8, 4) is 5.75 Å². The molecule has 22 heteroatoms. The van der Waals surface area contributed by atoms with Gasteiger partial charge < -0.3 is 57.6 Å². The molecular formula is C47H75N9O11S2. The van der Waals surface area contributed by atoms with Crippen molar-refractivity contribution in [3.63, 3.8) is 0 Å². The molecule has 0 aliphatic carbocycles. The number of carbonyl (C=O) groups is 9. The van der Waals surface area contributed by atoms with Crippen molar-refractivity contribution in [2.45, 2.75) is 148 Å². The zero-order valence-corrected chi connectivity index (χ0v) is 42.7. The second-order valence-corrected chi connectivity index (χ2v) is 19.8. The number of carbonyl (C=O) groups excluding carboxylic acids is 9. The van der Waals surface area contributed by atoms with Crippen LogP contribution in [0.5, 0.6) is 5.75 Å². The lowest BCUT2D eigenvalue weighted by Gasteiger charge is -2.32. The van der Waals surface area contributed by atoms with E-state index in [1.54, 1.807) is 32.9 Å². The maximum Gasteiger partial charge on any atom is 0.246 e. The van der Waals surface area contributed by atoms with Gasteiger partial charge in [0.05, 0.1) is 6.61 Å². The van der Waals surface area contributed by atoms with Gasteiger partial charge in [0.15, 0.2) is 0 Å². The molecule has 0 saturated carbocycles. The number of aliphatic hydroxyl groups is 1. The predicted molar refractivity (Wildman–Crippen MR) is 264 cm³/mol. The Hall–Kier alpha value is -5.09. The third-order valence-electron chi connectivity index (χ3n) is 12.5. The molecule has 386 valence electrons. The lowest BCUT2D eigenvalue weighted by atomic mass is 9.96. The van der Waals surface area contributed by atoms with E-state index in [2.05, 4.69) is 57.2 Å². The zero-order valence-electron chi connectivity index (χ0n) is 40.9. The SMILES string of the molecule is CC[C@H](C)[C@H](NC(=O)[C@H](CO)NC(=O)[C@@H]1CCCN1C(=O)[C@@H](C)CS)C(=O)N[C@@H](Cc1ccc(O)cc1)C(=O)N1CCC[C@H]1C(=O)N[C@@H](CC(C)C)C(=O)N[C@@H](CC(C)C)C(=O)N[C@@H](CS)C(N)=O. The molecular weight excluding hydrogens is 931 g/mol. The Labute approximate surface area is 416 Å². The van der Waals surface area contributed by atoms with Crippen molar-refractivity contribution in [1.29, 1.82) is 0 Å². The van der Waals surface area contributed by atoms with E-state index in [1.165, 1.54) is 21.9 Å². The van der Waals surface area contributed by atoms with Gasteiger partial charge in [0.25, 0.3) is 0 Å². The first-order valence-corrected chi connectivity index (χ1v) is 25.2. The fourth-order valence-corrected chi connectivity index (χ4v) is 8.77. The van der Waals surface area contributed by atoms with E-state index in [9.17, 15) is 53.4 Å². The van der Waals surface area contributed by atoms with Crippen molar-refractivity contribution in [2.24, 2.45) is 29.4 Å². The summed E-state index contributed by atoms with van der Waals surface area (Å²) in [5, 5.41) is 36.3. The smallest absolute Gasteiger partial charge is 0.246 e. The summed E-state index contributed by atoms with van der Waals surface area (Å²) in [7, 11) is 0. The van der Waals surface area contributed by atoms with Gasteiger partial charge in [-0.1, -0.05) is 67.0 Å². The molecule has 2 aliphatic rings. The van der Waals surface area contributed by atoms with Gasteiger partial charge in [-0.15, -0.1) is 0 Å². The lowest BCUT2D eigenvalue weighted by Crippen LogP contribution is -2.61. The highest BCUT2D eigenvalue weighted by Crippen LogP contribution is 2.23. The van der Waals surface area contributed by atoms with E-state index in [0.29, 0.717) is 37.8 Å². The minimum absolute atomic E-state index is 0.0323. The van der Waals surface area contributed by atoms with E-state index >= 15 is 0 Å². The molecule has 2 aliphatic heterocycles. The fraction of sp³-hybridized carbons (Fsp3) is 0.681. The minimum atomic E-state index is -1.48. The average molecular weight is 1010 g/mol. The van der Waals surface area contributed by atoms with Gasteiger partial charge >= 0.3 is 0 Å². The molecule has 10 atom stereocenters. The third kappa shape index (κ3) is 17.1. The van der Waals surface area contributed by atoms with Crippen LogP contribution in [0.15, 0.2) is 24.3 Å². The molecule has 9 amide bonds. The molecule has 1 aromatic carbocycles. The average Bonchev–Trinajstić information content (AvgIpc) is 4.01. The van der Waals surface area contributed by atoms with Gasteiger partial charge in [-0.2, -0.15) is 25.3 Å². The third-order valence-corrected chi connectivity index (χ3v) is 13.4. The maximum absolute atomic E-state index is 14.7. The topological polar surface area (TPSA) is 299 Å². The number of nitrogens with one attached hydrogen (secondary N) is 6. The number of thiol groups is 2. The summed E-state index contributed by atoms with van der Waals surface area (Å²) in [6.45, 7) is 12.3. The van der Waals surface area contributed by atoms with Crippen molar-refractivity contribution < 1.29 is 53.4 Å². The second-order valence-electron chi connectivity index (χ2n) is 19.0. The molecule has 0 bridgehead atoms. The summed E-state index contributed by atoms with van der Waals surface area (Å²) in [4.78, 5) is 125. The van der Waals surface area contributed by atoms with Crippen LogP contribution in [0.3, 0.4) is 0 Å². The first-order chi connectivity index (χ1) is 32.6. The van der Waals surface area contributed by atoms with Crippen LogP contribution in [0, 0.1) is 23.7 Å². The highest BCUT2D eigenvalue weighted by molar-refractivity contribution is 7.80. The molecule has 2 saturated heterocycles. The summed E-state index contributed by atoms with van der Waals surface area (Å²) < 4.78 is 0. The van der Waals surface area contributed by atoms with Crippen LogP contribution in [0.2, 0.25) is 0 Å². The quantitative estimate of drug-likeness (QED) is 0.0547. The van der Waals surface area contributed by atoms with Gasteiger partial charge in [-0.25, -0.2) is 0 Å². The number of amides is 9. The van der Waals surface area contributed by atoms with Crippen molar-refractivity contribution in [1.82, 2.24) is 41.7 Å². The molecule has 3 rings (SSSR count). The summed E-state index contributed by atoms with van der Waals surface area (Å²) in [5.74, 6) is -6.78. The molecule has 0 spiro atoms. The van der Waals surface area contributed by atoms with Gasteiger partial charge in [0.2, 0.25) is 53.2 Å². The van der Waals surface area contributed by atoms with E-state index in [0.717, 1.165) is 0 Å². The largest absolute Gasteiger partial charge is 0.508 e. The summed E-state index contributed by atoms with van der Waals surface area (Å²) >= 11 is 8.30. The standard InChI is InChI=1S/C47H75N9O11S2/c1-8-27(6)38(54-42(62)34(22-57)52-44(64)36-11-9-17-55(36)46(66)28(7)23-68)45(65)51-33(21-29-13-15-30(58)16-14-29)47(67)56-18-10-12-37(56)43(63)50-32(20-26(4)5)40(60)49-31(19-25(2)3)41(61)53-35(24-69)39(48)59/h13-16,25-28,31-38,57-58,68-69H,8-12,17-24H2,1-7H3,(H2,48,59)(H,49,60)(H,50,63)(H,51,65)(H,52,64)(H,53,61)(H,54,62)/t27-,28-,31-,32-,33-,34-,35-,36-,37-,38-/m0/s1. The number of primary amides is 1. The first kappa shape index (κ1) is 58.2. The lowest BCUT2D eigenvalue weighted by molar-refractivity contribution is -0.143. The molecule has 10 N–H and O–H groups in total. The Kier molecular flexibility index (Phi) is 23.6. The summed E-state index contributed by atoms with van der Waals surface area (Å²) in [6.07, 6.45) is 2.24. The van der Waals surface area contributed by atoms with Crippen LogP contribution in [-0.4, -0.2) is 153 Å². The molecule has 2 fully saturated rings. The Bertz CT molecular complexity index is 1960. The number of aromatic hydroxyl groups is 1. The van der Waals surface area contributed by atoms with Gasteiger partial charge in [0.1, 0.15) is 54.1 Å². The van der Waals surface area contributed by atoms with E-state index in [-0.39, 0.29) is 67.2 Å². The van der Waals surface area contributed by atoms with Gasteiger partial charge in [-0.05, 0) is 74.0 Å². The number of hydrogen-bond acceptors (Lipinski definition) is 13. The Morgan fingerprint density at radius 2 is 1.10 bits per heavy atom. The van der Waals surface area contributed by atoms with E-state index < -0.39 is 114 Å². The van der Waals surface area contributed by atoms with E-state index in [4.69, 9.17) is 5.73 Å². The molecule has 1 aromatic rings. The van der Waals surface area contributed by atoms with Crippen LogP contribution >= 0.6 is 25.3 Å².